The third-order valence-electron chi connectivity index (χ3n) is 4.90. The number of nitrogens with one attached hydrogen (secondary N) is 1. The Labute approximate surface area is 153 Å². The zero-order valence-electron chi connectivity index (χ0n) is 15.4. The van der Waals surface area contributed by atoms with Gasteiger partial charge in [-0.25, -0.2) is 0 Å². The summed E-state index contributed by atoms with van der Waals surface area (Å²) >= 11 is 0. The Kier molecular flexibility index (Phi) is 5.93. The average Bonchev–Trinajstić information content (AvgIpc) is 2.57. The third kappa shape index (κ3) is 4.07. The fraction of sp³-hybridized carbons (Fsp3) is 0.500. The van der Waals surface area contributed by atoms with Crippen molar-refractivity contribution in [2.24, 2.45) is 5.92 Å². The fourth-order valence-electron chi connectivity index (χ4n) is 3.19. The second-order valence-corrected chi connectivity index (χ2v) is 6.69. The molecule has 1 aromatic carbocycles. The number of aromatic nitrogens is 1. The number of H-pyrrole nitrogens is 1. The summed E-state index contributed by atoms with van der Waals surface area (Å²) in [7, 11) is 1.62. The fourth-order valence-corrected chi connectivity index (χ4v) is 3.19. The van der Waals surface area contributed by atoms with Gasteiger partial charge in [-0.2, -0.15) is 0 Å². The van der Waals surface area contributed by atoms with Crippen molar-refractivity contribution in [3.05, 3.63) is 40.2 Å². The molecule has 0 unspecified atom stereocenters. The van der Waals surface area contributed by atoms with Crippen LogP contribution in [0.2, 0.25) is 0 Å². The average molecular weight is 358 g/mol. The first kappa shape index (κ1) is 18.5. The van der Waals surface area contributed by atoms with Crippen molar-refractivity contribution >= 4 is 16.8 Å². The van der Waals surface area contributed by atoms with Crippen molar-refractivity contribution in [1.29, 1.82) is 0 Å². The van der Waals surface area contributed by atoms with Gasteiger partial charge in [0.15, 0.2) is 0 Å². The molecule has 3 rings (SSSR count). The number of hydrogen-bond acceptors (Lipinski definition) is 4. The Morgan fingerprint density at radius 3 is 2.77 bits per heavy atom. The van der Waals surface area contributed by atoms with Gasteiger partial charge in [0.05, 0.1) is 19.8 Å². The van der Waals surface area contributed by atoms with Crippen LogP contribution in [0.4, 0.5) is 0 Å². The first-order chi connectivity index (χ1) is 12.6. The number of methoxy groups -OCH3 is 1. The van der Waals surface area contributed by atoms with Gasteiger partial charge in [0.1, 0.15) is 5.75 Å². The van der Waals surface area contributed by atoms with Crippen LogP contribution in [0.5, 0.6) is 5.75 Å². The van der Waals surface area contributed by atoms with Crippen molar-refractivity contribution in [3.8, 4) is 5.75 Å². The first-order valence-electron chi connectivity index (χ1n) is 9.19. The number of nitrogens with zero attached hydrogens (tertiary/aromatic N) is 1. The minimum absolute atomic E-state index is 0.0935. The Morgan fingerprint density at radius 2 is 2.12 bits per heavy atom. The Balaban J connectivity index is 1.86. The molecular weight excluding hydrogens is 332 g/mol. The summed E-state index contributed by atoms with van der Waals surface area (Å²) in [6.45, 7) is 3.76. The Bertz CT molecular complexity index is 826. The number of rotatable bonds is 8. The molecule has 0 saturated heterocycles. The van der Waals surface area contributed by atoms with Gasteiger partial charge in [0.2, 0.25) is 5.91 Å². The highest BCUT2D eigenvalue weighted by atomic mass is 16.5. The molecule has 6 heteroatoms. The minimum atomic E-state index is -0.162. The van der Waals surface area contributed by atoms with E-state index in [2.05, 4.69) is 4.98 Å². The van der Waals surface area contributed by atoms with Gasteiger partial charge in [-0.1, -0.05) is 6.42 Å². The Morgan fingerprint density at radius 1 is 1.31 bits per heavy atom. The predicted molar refractivity (Wildman–Crippen MR) is 100 cm³/mol. The zero-order chi connectivity index (χ0) is 18.5. The summed E-state index contributed by atoms with van der Waals surface area (Å²) in [5.74, 6) is 0.978. The molecule has 140 valence electrons. The lowest BCUT2D eigenvalue weighted by Gasteiger charge is -2.31. The standard InChI is InChI=1S/C20H26N2O4/c1-3-26-17-7-8-18-15(12-17)11-16(19(23)21-18)13-22(9-10-25-2)20(24)14-5-4-6-14/h7-8,11-12,14H,3-6,9-10,13H2,1-2H3,(H,21,23). The van der Waals surface area contributed by atoms with E-state index < -0.39 is 0 Å². The van der Waals surface area contributed by atoms with Crippen molar-refractivity contribution < 1.29 is 14.3 Å². The number of aromatic amines is 1. The summed E-state index contributed by atoms with van der Waals surface area (Å²) in [5, 5.41) is 0.897. The van der Waals surface area contributed by atoms with Crippen LogP contribution >= 0.6 is 0 Å². The number of pyridine rings is 1. The molecule has 1 N–H and O–H groups in total. The zero-order valence-corrected chi connectivity index (χ0v) is 15.4. The highest BCUT2D eigenvalue weighted by Gasteiger charge is 2.29. The summed E-state index contributed by atoms with van der Waals surface area (Å²) in [5.41, 5.74) is 1.18. The Hall–Kier alpha value is -2.34. The molecule has 0 atom stereocenters. The first-order valence-corrected chi connectivity index (χ1v) is 9.19. The van der Waals surface area contributed by atoms with E-state index in [0.29, 0.717) is 31.9 Å². The highest BCUT2D eigenvalue weighted by Crippen LogP contribution is 2.28. The minimum Gasteiger partial charge on any atom is -0.494 e. The normalized spacial score (nSPS) is 14.2. The number of ether oxygens (including phenoxy) is 2. The molecule has 0 bridgehead atoms. The second kappa shape index (κ2) is 8.36. The number of benzene rings is 1. The van der Waals surface area contributed by atoms with E-state index in [0.717, 1.165) is 35.9 Å². The van der Waals surface area contributed by atoms with Gasteiger partial charge in [-0.15, -0.1) is 0 Å². The van der Waals surface area contributed by atoms with Gasteiger partial charge < -0.3 is 19.4 Å². The van der Waals surface area contributed by atoms with E-state index >= 15 is 0 Å². The number of carbonyl (C=O) groups excluding carboxylic acids is 1. The molecule has 1 saturated carbocycles. The van der Waals surface area contributed by atoms with Gasteiger partial charge in [-0.3, -0.25) is 9.59 Å². The van der Waals surface area contributed by atoms with Crippen LogP contribution in [0.15, 0.2) is 29.1 Å². The van der Waals surface area contributed by atoms with Crippen LogP contribution in [0, 0.1) is 5.92 Å². The third-order valence-corrected chi connectivity index (χ3v) is 4.90. The van der Waals surface area contributed by atoms with Crippen LogP contribution < -0.4 is 10.3 Å². The summed E-state index contributed by atoms with van der Waals surface area (Å²) < 4.78 is 10.7. The van der Waals surface area contributed by atoms with Crippen LogP contribution in [0.25, 0.3) is 10.9 Å². The lowest BCUT2D eigenvalue weighted by atomic mass is 9.84. The van der Waals surface area contributed by atoms with Crippen molar-refractivity contribution in [2.45, 2.75) is 32.7 Å². The van der Waals surface area contributed by atoms with Crippen LogP contribution in [-0.4, -0.2) is 42.7 Å². The quantitative estimate of drug-likeness (QED) is 0.788. The maximum atomic E-state index is 12.7. The predicted octanol–water partition coefficient (Wildman–Crippen LogP) is 2.70. The molecule has 0 aliphatic heterocycles. The van der Waals surface area contributed by atoms with Crippen molar-refractivity contribution in [3.63, 3.8) is 0 Å². The van der Waals surface area contributed by atoms with Crippen molar-refractivity contribution in [2.75, 3.05) is 26.9 Å². The van der Waals surface area contributed by atoms with Gasteiger partial charge >= 0.3 is 0 Å². The van der Waals surface area contributed by atoms with E-state index in [4.69, 9.17) is 9.47 Å². The smallest absolute Gasteiger partial charge is 0.253 e. The van der Waals surface area contributed by atoms with Crippen LogP contribution in [0.1, 0.15) is 31.7 Å². The largest absolute Gasteiger partial charge is 0.494 e. The molecule has 1 fully saturated rings. The van der Waals surface area contributed by atoms with Gasteiger partial charge in [0, 0.05) is 36.0 Å². The van der Waals surface area contributed by atoms with Crippen molar-refractivity contribution in [1.82, 2.24) is 9.88 Å². The van der Waals surface area contributed by atoms with Crippen LogP contribution in [-0.2, 0) is 16.1 Å². The number of amides is 1. The molecule has 1 aromatic heterocycles. The number of carbonyl (C=O) groups is 1. The SMILES string of the molecule is CCOc1ccc2[nH]c(=O)c(CN(CCOC)C(=O)C3CCC3)cc2c1. The number of fused-ring (bicyclic) bond motifs is 1. The molecule has 1 aliphatic rings. The lowest BCUT2D eigenvalue weighted by Crippen LogP contribution is -2.41. The molecule has 2 aromatic rings. The summed E-state index contributed by atoms with van der Waals surface area (Å²) in [6.07, 6.45) is 2.98. The molecule has 6 nitrogen and oxygen atoms in total. The van der Waals surface area contributed by atoms with E-state index in [-0.39, 0.29) is 17.4 Å². The molecular formula is C20H26N2O4. The maximum Gasteiger partial charge on any atom is 0.253 e. The second-order valence-electron chi connectivity index (χ2n) is 6.69. The highest BCUT2D eigenvalue weighted by molar-refractivity contribution is 5.81. The lowest BCUT2D eigenvalue weighted by molar-refractivity contribution is -0.139. The van der Waals surface area contributed by atoms with E-state index in [1.54, 1.807) is 12.0 Å². The van der Waals surface area contributed by atoms with Gasteiger partial charge in [-0.05, 0) is 44.0 Å². The van der Waals surface area contributed by atoms with E-state index in [9.17, 15) is 9.59 Å². The molecule has 0 radical (unpaired) electrons. The molecule has 1 heterocycles. The molecule has 1 amide bonds. The molecule has 1 aliphatic carbocycles. The number of hydrogen-bond donors (Lipinski definition) is 1. The molecule has 26 heavy (non-hydrogen) atoms. The summed E-state index contributed by atoms with van der Waals surface area (Å²) in [6, 6.07) is 7.44. The van der Waals surface area contributed by atoms with E-state index in [1.807, 2.05) is 31.2 Å². The van der Waals surface area contributed by atoms with Gasteiger partial charge in [0.25, 0.3) is 5.56 Å². The van der Waals surface area contributed by atoms with E-state index in [1.165, 1.54) is 0 Å². The monoisotopic (exact) mass is 358 g/mol. The summed E-state index contributed by atoms with van der Waals surface area (Å²) in [4.78, 5) is 29.8. The maximum absolute atomic E-state index is 12.7. The molecule has 0 spiro atoms. The topological polar surface area (TPSA) is 71.6 Å². The van der Waals surface area contributed by atoms with Crippen LogP contribution in [0.3, 0.4) is 0 Å².